The summed E-state index contributed by atoms with van der Waals surface area (Å²) in [6, 6.07) is 22.6. The molecule has 0 saturated carbocycles. The van der Waals surface area contributed by atoms with Crippen molar-refractivity contribution in [2.75, 3.05) is 29.9 Å². The molecule has 0 aliphatic carbocycles. The Morgan fingerprint density at radius 2 is 1.79 bits per heavy atom. The van der Waals surface area contributed by atoms with Crippen LogP contribution in [0.1, 0.15) is 41.7 Å². The average Bonchev–Trinajstić information content (AvgIpc) is 3.37. The summed E-state index contributed by atoms with van der Waals surface area (Å²) in [7, 11) is 0. The second-order valence-electron chi connectivity index (χ2n) is 10.6. The number of nitrogens with zero attached hydrogens (tertiary/aromatic N) is 4. The minimum atomic E-state index is -1.10. The van der Waals surface area contributed by atoms with Gasteiger partial charge in [-0.15, -0.1) is 0 Å². The second kappa shape index (κ2) is 12.1. The van der Waals surface area contributed by atoms with E-state index in [-0.39, 0.29) is 11.6 Å². The lowest BCUT2D eigenvalue weighted by molar-refractivity contribution is -0.166. The Hall–Kier alpha value is -4.67. The van der Waals surface area contributed by atoms with E-state index in [0.717, 1.165) is 48.4 Å². The van der Waals surface area contributed by atoms with Crippen molar-refractivity contribution in [1.82, 2.24) is 15.0 Å². The Morgan fingerprint density at radius 1 is 1.02 bits per heavy atom. The van der Waals surface area contributed by atoms with Gasteiger partial charge in [-0.25, -0.2) is 14.8 Å². The molecule has 1 fully saturated rings. The first-order chi connectivity index (χ1) is 20.4. The summed E-state index contributed by atoms with van der Waals surface area (Å²) >= 11 is 0. The zero-order valence-electron chi connectivity index (χ0n) is 23.3. The molecule has 10 nitrogen and oxygen atoms in total. The van der Waals surface area contributed by atoms with Crippen molar-refractivity contribution < 1.29 is 24.6 Å². The minimum absolute atomic E-state index is 0.169. The van der Waals surface area contributed by atoms with Crippen molar-refractivity contribution in [2.24, 2.45) is 5.92 Å². The van der Waals surface area contributed by atoms with Gasteiger partial charge in [-0.05, 0) is 67.1 Å². The third-order valence-electron chi connectivity index (χ3n) is 7.79. The van der Waals surface area contributed by atoms with Crippen molar-refractivity contribution in [3.8, 4) is 22.6 Å². The molecule has 6 rings (SSSR count). The number of aliphatic hydroxyl groups excluding tert-OH is 1. The number of benzene rings is 3. The van der Waals surface area contributed by atoms with Crippen LogP contribution in [-0.2, 0) is 0 Å². The molecule has 0 radical (unpaired) electrons. The SMILES string of the molecule is CC1c2cc(-c3ccccc3)ccc2ON1[C@H](O)Nc1cnc(N2CCC(COc3cccc(C(=O)O)c3)CC2)nc1. The Kier molecular flexibility index (Phi) is 7.89. The third-order valence-corrected chi connectivity index (χ3v) is 7.79. The van der Waals surface area contributed by atoms with E-state index in [0.29, 0.717) is 29.9 Å². The summed E-state index contributed by atoms with van der Waals surface area (Å²) in [5.41, 5.74) is 4.03. The maximum atomic E-state index is 11.2. The Morgan fingerprint density at radius 3 is 2.52 bits per heavy atom. The number of nitrogens with one attached hydrogen (secondary N) is 1. The van der Waals surface area contributed by atoms with Crippen LogP contribution in [0.2, 0.25) is 0 Å². The number of aliphatic hydroxyl groups is 1. The maximum absolute atomic E-state index is 11.2. The van der Waals surface area contributed by atoms with Gasteiger partial charge in [0, 0.05) is 18.7 Å². The summed E-state index contributed by atoms with van der Waals surface area (Å²) in [6.07, 6.45) is 4.05. The van der Waals surface area contributed by atoms with Crippen molar-refractivity contribution in [3.05, 3.63) is 96.3 Å². The van der Waals surface area contributed by atoms with Gasteiger partial charge >= 0.3 is 5.97 Å². The monoisotopic (exact) mass is 567 g/mol. The molecule has 1 unspecified atom stereocenters. The van der Waals surface area contributed by atoms with Crippen molar-refractivity contribution >= 4 is 17.6 Å². The summed E-state index contributed by atoms with van der Waals surface area (Å²) < 4.78 is 5.87. The number of fused-ring (bicyclic) bond motifs is 1. The largest absolute Gasteiger partial charge is 0.493 e. The summed E-state index contributed by atoms with van der Waals surface area (Å²) in [5.74, 6) is 1.32. The highest BCUT2D eigenvalue weighted by molar-refractivity contribution is 5.88. The van der Waals surface area contributed by atoms with Gasteiger partial charge in [-0.2, -0.15) is 0 Å². The molecule has 0 spiro atoms. The van der Waals surface area contributed by atoms with E-state index < -0.39 is 12.3 Å². The molecule has 1 aromatic heterocycles. The van der Waals surface area contributed by atoms with E-state index in [1.807, 2.05) is 37.3 Å². The molecule has 3 aromatic carbocycles. The van der Waals surface area contributed by atoms with Gasteiger partial charge in [-0.3, -0.25) is 0 Å². The molecular formula is C32H33N5O5. The molecule has 3 heterocycles. The fraction of sp³-hybridized carbons (Fsp3) is 0.281. The van der Waals surface area contributed by atoms with E-state index >= 15 is 0 Å². The topological polar surface area (TPSA) is 120 Å². The predicted molar refractivity (Wildman–Crippen MR) is 158 cm³/mol. The number of aromatic nitrogens is 2. The van der Waals surface area contributed by atoms with Crippen LogP contribution in [0.4, 0.5) is 11.6 Å². The van der Waals surface area contributed by atoms with E-state index in [2.05, 4.69) is 38.4 Å². The molecular weight excluding hydrogens is 534 g/mol. The predicted octanol–water partition coefficient (Wildman–Crippen LogP) is 5.20. The Balaban J connectivity index is 0.999. The Bertz CT molecular complexity index is 1530. The van der Waals surface area contributed by atoms with Crippen molar-refractivity contribution in [3.63, 3.8) is 0 Å². The smallest absolute Gasteiger partial charge is 0.335 e. The first kappa shape index (κ1) is 27.5. The van der Waals surface area contributed by atoms with Crippen LogP contribution in [0.3, 0.4) is 0 Å². The van der Waals surface area contributed by atoms with Gasteiger partial charge in [0.15, 0.2) is 5.75 Å². The van der Waals surface area contributed by atoms with E-state index in [9.17, 15) is 9.90 Å². The van der Waals surface area contributed by atoms with Crippen LogP contribution >= 0.6 is 0 Å². The lowest BCUT2D eigenvalue weighted by atomic mass is 9.98. The molecule has 2 aliphatic heterocycles. The van der Waals surface area contributed by atoms with Crippen LogP contribution in [-0.4, -0.2) is 57.3 Å². The quantitative estimate of drug-likeness (QED) is 0.233. The molecule has 0 amide bonds. The second-order valence-corrected chi connectivity index (χ2v) is 10.6. The number of rotatable bonds is 9. The van der Waals surface area contributed by atoms with Crippen LogP contribution in [0.5, 0.6) is 11.5 Å². The van der Waals surface area contributed by atoms with Crippen LogP contribution in [0, 0.1) is 5.92 Å². The number of carboxylic acid groups (broad SMARTS) is 1. The highest BCUT2D eigenvalue weighted by atomic mass is 16.7. The summed E-state index contributed by atoms with van der Waals surface area (Å²) in [6.45, 7) is 4.11. The van der Waals surface area contributed by atoms with Gasteiger partial charge in [0.05, 0.1) is 36.3 Å². The average molecular weight is 568 g/mol. The van der Waals surface area contributed by atoms with E-state index in [1.165, 1.54) is 5.06 Å². The molecule has 4 aromatic rings. The number of aromatic carboxylic acids is 1. The lowest BCUT2D eigenvalue weighted by Crippen LogP contribution is -2.41. The van der Waals surface area contributed by atoms with E-state index in [4.69, 9.17) is 14.7 Å². The number of ether oxygens (including phenoxy) is 1. The van der Waals surface area contributed by atoms with Gasteiger partial charge in [0.25, 0.3) is 0 Å². The van der Waals surface area contributed by atoms with Crippen molar-refractivity contribution in [1.29, 1.82) is 0 Å². The molecule has 2 aliphatic rings. The maximum Gasteiger partial charge on any atom is 0.335 e. The lowest BCUT2D eigenvalue weighted by Gasteiger charge is -2.32. The van der Waals surface area contributed by atoms with Crippen LogP contribution < -0.4 is 19.8 Å². The minimum Gasteiger partial charge on any atom is -0.493 e. The summed E-state index contributed by atoms with van der Waals surface area (Å²) in [5, 5.41) is 24.7. The van der Waals surface area contributed by atoms with Gasteiger partial charge < -0.3 is 30.0 Å². The van der Waals surface area contributed by atoms with Gasteiger partial charge in [0.1, 0.15) is 5.75 Å². The highest BCUT2D eigenvalue weighted by Crippen LogP contribution is 2.40. The van der Waals surface area contributed by atoms with Gasteiger partial charge in [0.2, 0.25) is 12.3 Å². The molecule has 2 atom stereocenters. The molecule has 3 N–H and O–H groups in total. The fourth-order valence-electron chi connectivity index (χ4n) is 5.36. The highest BCUT2D eigenvalue weighted by Gasteiger charge is 2.34. The van der Waals surface area contributed by atoms with Gasteiger partial charge in [-0.1, -0.05) is 47.5 Å². The zero-order valence-corrected chi connectivity index (χ0v) is 23.3. The van der Waals surface area contributed by atoms with Crippen molar-refractivity contribution in [2.45, 2.75) is 32.2 Å². The molecule has 0 bridgehead atoms. The molecule has 42 heavy (non-hydrogen) atoms. The van der Waals surface area contributed by atoms with Crippen LogP contribution in [0.25, 0.3) is 11.1 Å². The standard InChI is InChI=1S/C32H33N5O5/c1-21-28-17-24(23-6-3-2-4-7-23)10-11-29(28)42-37(21)32(40)35-26-18-33-31(34-19-26)36-14-12-22(13-15-36)20-41-27-9-5-8-25(16-27)30(38)39/h2-11,16-19,21-22,32,35,40H,12-15,20H2,1H3,(H,38,39)/t21?,32-/m1/s1. The first-order valence-corrected chi connectivity index (χ1v) is 14.1. The molecule has 216 valence electrons. The first-order valence-electron chi connectivity index (χ1n) is 14.1. The zero-order chi connectivity index (χ0) is 29.1. The number of hydroxylamine groups is 2. The summed E-state index contributed by atoms with van der Waals surface area (Å²) in [4.78, 5) is 28.3. The number of hydrogen-bond acceptors (Lipinski definition) is 9. The number of piperidine rings is 1. The Labute approximate surface area is 244 Å². The normalized spacial score (nSPS) is 17.8. The number of carbonyl (C=O) groups is 1. The fourth-order valence-corrected chi connectivity index (χ4v) is 5.36. The van der Waals surface area contributed by atoms with Crippen LogP contribution in [0.15, 0.2) is 85.2 Å². The number of anilines is 2. The number of carboxylic acids is 1. The molecule has 1 saturated heterocycles. The number of hydrogen-bond donors (Lipinski definition) is 3. The third kappa shape index (κ3) is 6.00. The molecule has 10 heteroatoms. The van der Waals surface area contributed by atoms with E-state index in [1.54, 1.807) is 36.7 Å².